The third kappa shape index (κ3) is 3.60. The number of carbonyl (C=O) groups is 1. The summed E-state index contributed by atoms with van der Waals surface area (Å²) in [7, 11) is 2.81. The number of allylic oxidation sites excluding steroid dienone is 2. The van der Waals surface area contributed by atoms with E-state index in [4.69, 9.17) is 9.62 Å². The van der Waals surface area contributed by atoms with Gasteiger partial charge in [0.25, 0.3) is 0 Å². The highest BCUT2D eigenvalue weighted by Crippen LogP contribution is 2.25. The second kappa shape index (κ2) is 7.20. The van der Waals surface area contributed by atoms with E-state index in [2.05, 4.69) is 21.3 Å². The molecular formula is C14H19N3O4. The van der Waals surface area contributed by atoms with Crippen LogP contribution in [-0.2, 0) is 19.3 Å². The van der Waals surface area contributed by atoms with Crippen LogP contribution in [0.15, 0.2) is 16.3 Å². The maximum absolute atomic E-state index is 11.5. The maximum Gasteiger partial charge on any atom is 0.330 e. The fraction of sp³-hybridized carbons (Fsp3) is 0.643. The Morgan fingerprint density at radius 3 is 2.90 bits per heavy atom. The van der Waals surface area contributed by atoms with E-state index in [0.717, 1.165) is 18.5 Å². The summed E-state index contributed by atoms with van der Waals surface area (Å²) < 4.78 is 4.69. The Balaban J connectivity index is 2.09. The van der Waals surface area contributed by atoms with Crippen LogP contribution >= 0.6 is 0 Å². The van der Waals surface area contributed by atoms with Crippen LogP contribution in [0.2, 0.25) is 0 Å². The average molecular weight is 293 g/mol. The van der Waals surface area contributed by atoms with E-state index < -0.39 is 6.04 Å². The molecule has 0 aromatic rings. The number of carbonyl (C=O) groups excluding carboxylic acids is 1. The summed E-state index contributed by atoms with van der Waals surface area (Å²) in [5, 5.41) is 12.7. The van der Waals surface area contributed by atoms with Crippen LogP contribution in [0, 0.1) is 11.3 Å². The second-order valence-corrected chi connectivity index (χ2v) is 4.95. The first-order valence-electron chi connectivity index (χ1n) is 6.89. The van der Waals surface area contributed by atoms with Crippen LogP contribution in [0.4, 0.5) is 0 Å². The van der Waals surface area contributed by atoms with Gasteiger partial charge in [-0.25, -0.2) is 14.6 Å². The summed E-state index contributed by atoms with van der Waals surface area (Å²) in [6.07, 6.45) is 2.85. The van der Waals surface area contributed by atoms with E-state index in [0.29, 0.717) is 30.7 Å². The molecule has 0 aromatic carbocycles. The van der Waals surface area contributed by atoms with Crippen molar-refractivity contribution < 1.29 is 19.3 Å². The molecule has 2 atom stereocenters. The number of nitrogens with one attached hydrogen (secondary N) is 1. The molecule has 0 bridgehead atoms. The zero-order valence-corrected chi connectivity index (χ0v) is 12.2. The van der Waals surface area contributed by atoms with Gasteiger partial charge in [0.2, 0.25) is 0 Å². The molecule has 0 saturated carbocycles. The van der Waals surface area contributed by atoms with Crippen molar-refractivity contribution in [1.82, 2.24) is 5.32 Å². The smallest absolute Gasteiger partial charge is 0.330 e. The Bertz CT molecular complexity index is 507. The van der Waals surface area contributed by atoms with Crippen molar-refractivity contribution in [2.24, 2.45) is 4.99 Å². The first-order chi connectivity index (χ1) is 10.2. The minimum atomic E-state index is -0.483. The van der Waals surface area contributed by atoms with Gasteiger partial charge in [-0.2, -0.15) is 5.26 Å². The average Bonchev–Trinajstić information content (AvgIpc) is 3.15. The zero-order valence-electron chi connectivity index (χ0n) is 12.2. The van der Waals surface area contributed by atoms with Crippen molar-refractivity contribution in [2.45, 2.75) is 37.8 Å². The van der Waals surface area contributed by atoms with Gasteiger partial charge in [0, 0.05) is 5.70 Å². The largest absolute Gasteiger partial charge is 0.467 e. The lowest BCUT2D eigenvalue weighted by Gasteiger charge is -2.10. The summed E-state index contributed by atoms with van der Waals surface area (Å²) in [6, 6.07) is 1.85. The molecule has 2 aliphatic heterocycles. The maximum atomic E-state index is 11.5. The molecule has 1 fully saturated rings. The normalized spacial score (nSPS) is 26.8. The lowest BCUT2D eigenvalue weighted by Crippen LogP contribution is -2.26. The summed E-state index contributed by atoms with van der Waals surface area (Å²) in [4.78, 5) is 25.3. The number of aliphatic imine (C=N–C) groups is 1. The second-order valence-electron chi connectivity index (χ2n) is 4.95. The summed E-state index contributed by atoms with van der Waals surface area (Å²) in [6.45, 7) is 0.427. The van der Waals surface area contributed by atoms with Gasteiger partial charge in [0.1, 0.15) is 18.7 Å². The van der Waals surface area contributed by atoms with Gasteiger partial charge in [-0.1, -0.05) is 0 Å². The highest BCUT2D eigenvalue weighted by molar-refractivity contribution is 6.06. The van der Waals surface area contributed by atoms with Gasteiger partial charge >= 0.3 is 5.97 Å². The predicted octanol–water partition coefficient (Wildman–Crippen LogP) is 0.870. The Morgan fingerprint density at radius 1 is 1.43 bits per heavy atom. The van der Waals surface area contributed by atoms with Crippen LogP contribution in [0.5, 0.6) is 0 Å². The van der Waals surface area contributed by atoms with Gasteiger partial charge < -0.3 is 10.1 Å². The summed E-state index contributed by atoms with van der Waals surface area (Å²) >= 11 is 0. The molecule has 2 aliphatic rings. The highest BCUT2D eigenvalue weighted by atomic mass is 17.2. The van der Waals surface area contributed by atoms with Crippen molar-refractivity contribution in [1.29, 1.82) is 5.26 Å². The Kier molecular flexibility index (Phi) is 5.31. The number of esters is 1. The molecule has 0 spiro atoms. The molecule has 2 unspecified atom stereocenters. The molecule has 2 rings (SSSR count). The van der Waals surface area contributed by atoms with Crippen molar-refractivity contribution in [3.63, 3.8) is 0 Å². The SMILES string of the molecule is COOCC1CC/C(=C(\C#N)C2=NC(C(=O)OC)CC2)N1. The fourth-order valence-corrected chi connectivity index (χ4v) is 2.57. The first kappa shape index (κ1) is 15.5. The topological polar surface area (TPSA) is 92.9 Å². The van der Waals surface area contributed by atoms with Crippen LogP contribution in [0.1, 0.15) is 25.7 Å². The third-order valence-corrected chi connectivity index (χ3v) is 3.65. The molecule has 0 aromatic heterocycles. The molecular weight excluding hydrogens is 274 g/mol. The van der Waals surface area contributed by atoms with Crippen molar-refractivity contribution in [3.8, 4) is 6.07 Å². The van der Waals surface area contributed by atoms with Gasteiger partial charge in [-0.15, -0.1) is 0 Å². The minimum absolute atomic E-state index is 0.127. The van der Waals surface area contributed by atoms with Crippen molar-refractivity contribution in [2.75, 3.05) is 20.8 Å². The van der Waals surface area contributed by atoms with E-state index >= 15 is 0 Å². The monoisotopic (exact) mass is 293 g/mol. The van der Waals surface area contributed by atoms with E-state index in [1.54, 1.807) is 0 Å². The quantitative estimate of drug-likeness (QED) is 0.350. The Hall–Kier alpha value is -1.91. The van der Waals surface area contributed by atoms with Crippen molar-refractivity contribution in [3.05, 3.63) is 11.3 Å². The molecule has 0 aliphatic carbocycles. The van der Waals surface area contributed by atoms with Crippen LogP contribution < -0.4 is 5.32 Å². The van der Waals surface area contributed by atoms with Gasteiger partial charge in [0.15, 0.2) is 0 Å². The standard InChI is InChI=1S/C14H19N3O4/c1-19-14(18)13-6-5-12(17-13)10(7-15)11-4-3-9(16-11)8-21-20-2/h9,13,16H,3-6,8H2,1-2H3/b11-10-. The third-order valence-electron chi connectivity index (χ3n) is 3.65. The molecule has 1 saturated heterocycles. The van der Waals surface area contributed by atoms with Crippen LogP contribution in [0.3, 0.4) is 0 Å². The molecule has 1 N–H and O–H groups in total. The highest BCUT2D eigenvalue weighted by Gasteiger charge is 2.30. The lowest BCUT2D eigenvalue weighted by molar-refractivity contribution is -0.275. The fourth-order valence-electron chi connectivity index (χ4n) is 2.57. The minimum Gasteiger partial charge on any atom is -0.467 e. The van der Waals surface area contributed by atoms with E-state index in [9.17, 15) is 10.1 Å². The number of methoxy groups -OCH3 is 1. The van der Waals surface area contributed by atoms with E-state index in [1.807, 2.05) is 0 Å². The van der Waals surface area contributed by atoms with Gasteiger partial charge in [-0.05, 0) is 25.7 Å². The molecule has 0 amide bonds. The van der Waals surface area contributed by atoms with E-state index in [-0.39, 0.29) is 12.0 Å². The lowest BCUT2D eigenvalue weighted by atomic mass is 10.1. The molecule has 7 nitrogen and oxygen atoms in total. The molecule has 114 valence electrons. The number of ether oxygens (including phenoxy) is 1. The number of rotatable bonds is 5. The van der Waals surface area contributed by atoms with Crippen molar-refractivity contribution >= 4 is 11.7 Å². The molecule has 0 radical (unpaired) electrons. The van der Waals surface area contributed by atoms with Gasteiger partial charge in [-0.3, -0.25) is 4.99 Å². The van der Waals surface area contributed by atoms with Crippen LogP contribution in [-0.4, -0.2) is 44.6 Å². The van der Waals surface area contributed by atoms with Gasteiger partial charge in [0.05, 0.1) is 31.5 Å². The first-order valence-corrected chi connectivity index (χ1v) is 6.89. The molecule has 21 heavy (non-hydrogen) atoms. The zero-order chi connectivity index (χ0) is 15.2. The Labute approximate surface area is 123 Å². The molecule has 2 heterocycles. The summed E-state index contributed by atoms with van der Waals surface area (Å²) in [5.74, 6) is -0.349. The summed E-state index contributed by atoms with van der Waals surface area (Å²) in [5.41, 5.74) is 2.09. The number of hydrogen-bond acceptors (Lipinski definition) is 7. The number of nitriles is 1. The van der Waals surface area contributed by atoms with Crippen LogP contribution in [0.25, 0.3) is 0 Å². The number of nitrogens with zero attached hydrogens (tertiary/aromatic N) is 2. The molecule has 7 heteroatoms. The number of hydrogen-bond donors (Lipinski definition) is 1. The predicted molar refractivity (Wildman–Crippen MR) is 74.2 cm³/mol. The Morgan fingerprint density at radius 2 is 2.24 bits per heavy atom. The van der Waals surface area contributed by atoms with E-state index in [1.165, 1.54) is 14.2 Å².